The van der Waals surface area contributed by atoms with Crippen molar-refractivity contribution in [3.63, 3.8) is 0 Å². The summed E-state index contributed by atoms with van der Waals surface area (Å²) >= 11 is 0. The minimum atomic E-state index is -4.16. The lowest BCUT2D eigenvalue weighted by molar-refractivity contribution is -0.127. The third-order valence-corrected chi connectivity index (χ3v) is 8.82. The fourth-order valence-corrected chi connectivity index (χ4v) is 6.06. The standard InChI is InChI=1S/C31H38N4O5S/c1-4-28(23-19-21-32-22-20-23)33-30(37)31(2,3)34-29(36)24-15-17-27(18-16-24)41(38,39)35(25-11-7-5-8-12-25)40-26-13-9-6-10-14-26/h5-18,23,28,32H,4,19-22H2,1-3H3,(H,33,37)(H,34,36). The van der Waals surface area contributed by atoms with E-state index in [0.29, 0.717) is 17.4 Å². The van der Waals surface area contributed by atoms with Crippen molar-refractivity contribution in [1.29, 1.82) is 0 Å². The number of nitrogens with zero attached hydrogens (tertiary/aromatic N) is 1. The van der Waals surface area contributed by atoms with Crippen molar-refractivity contribution < 1.29 is 22.8 Å². The molecule has 0 saturated carbocycles. The molecule has 0 spiro atoms. The van der Waals surface area contributed by atoms with Crippen LogP contribution < -0.4 is 25.3 Å². The molecule has 1 heterocycles. The Hall–Kier alpha value is -3.89. The smallest absolute Gasteiger partial charge is 0.295 e. The van der Waals surface area contributed by atoms with Crippen molar-refractivity contribution in [3.8, 4) is 5.75 Å². The van der Waals surface area contributed by atoms with Crippen molar-refractivity contribution in [2.24, 2.45) is 5.92 Å². The molecule has 10 heteroatoms. The van der Waals surface area contributed by atoms with Crippen LogP contribution >= 0.6 is 0 Å². The van der Waals surface area contributed by atoms with Gasteiger partial charge in [-0.05, 0) is 101 Å². The molecule has 1 aliphatic rings. The number of benzene rings is 3. The lowest BCUT2D eigenvalue weighted by Crippen LogP contribution is -2.58. The molecule has 0 bridgehead atoms. The lowest BCUT2D eigenvalue weighted by atomic mass is 9.88. The molecule has 3 aromatic carbocycles. The van der Waals surface area contributed by atoms with Gasteiger partial charge in [0, 0.05) is 11.6 Å². The topological polar surface area (TPSA) is 117 Å². The van der Waals surface area contributed by atoms with E-state index in [1.807, 2.05) is 0 Å². The van der Waals surface area contributed by atoms with Gasteiger partial charge >= 0.3 is 0 Å². The number of sulfonamides is 1. The van der Waals surface area contributed by atoms with Crippen LogP contribution in [0.5, 0.6) is 5.75 Å². The fraction of sp³-hybridized carbons (Fsp3) is 0.355. The Morgan fingerprint density at radius 1 is 0.951 bits per heavy atom. The van der Waals surface area contributed by atoms with Gasteiger partial charge in [0.05, 0.1) is 10.6 Å². The third-order valence-electron chi connectivity index (χ3n) is 7.23. The van der Waals surface area contributed by atoms with Crippen LogP contribution in [0.25, 0.3) is 0 Å². The van der Waals surface area contributed by atoms with E-state index in [4.69, 9.17) is 4.84 Å². The maximum Gasteiger partial charge on any atom is 0.295 e. The van der Waals surface area contributed by atoms with Crippen molar-refractivity contribution in [2.45, 2.75) is 56.5 Å². The number of anilines is 1. The number of hydrogen-bond donors (Lipinski definition) is 3. The summed E-state index contributed by atoms with van der Waals surface area (Å²) in [5, 5.41) is 9.27. The number of piperidine rings is 1. The van der Waals surface area contributed by atoms with Gasteiger partial charge in [-0.15, -0.1) is 0 Å². The molecule has 1 unspecified atom stereocenters. The van der Waals surface area contributed by atoms with Gasteiger partial charge in [-0.2, -0.15) is 8.42 Å². The first-order valence-electron chi connectivity index (χ1n) is 13.9. The van der Waals surface area contributed by atoms with E-state index in [1.54, 1.807) is 74.5 Å². The minimum absolute atomic E-state index is 0.0379. The number of carbonyl (C=O) groups is 2. The first kappa shape index (κ1) is 30.1. The number of carbonyl (C=O) groups excluding carboxylic acids is 2. The van der Waals surface area contributed by atoms with Gasteiger partial charge in [0.15, 0.2) is 5.75 Å². The van der Waals surface area contributed by atoms with Crippen molar-refractivity contribution >= 4 is 27.5 Å². The van der Waals surface area contributed by atoms with Gasteiger partial charge in [-0.25, -0.2) is 0 Å². The van der Waals surface area contributed by atoms with Gasteiger partial charge in [-0.3, -0.25) is 9.59 Å². The molecular weight excluding hydrogens is 540 g/mol. The van der Waals surface area contributed by atoms with Crippen molar-refractivity contribution in [1.82, 2.24) is 16.0 Å². The number of rotatable bonds is 11. The molecule has 2 amide bonds. The van der Waals surface area contributed by atoms with Gasteiger partial charge in [0.1, 0.15) is 5.54 Å². The second-order valence-electron chi connectivity index (χ2n) is 10.7. The molecular formula is C31H38N4O5S. The van der Waals surface area contributed by atoms with Crippen LogP contribution in [-0.4, -0.2) is 44.9 Å². The Morgan fingerprint density at radius 2 is 1.54 bits per heavy atom. The summed E-state index contributed by atoms with van der Waals surface area (Å²) in [5.41, 5.74) is -0.623. The van der Waals surface area contributed by atoms with Crippen LogP contribution in [0.1, 0.15) is 50.4 Å². The Bertz CT molecular complexity index is 1410. The Morgan fingerprint density at radius 3 is 2.12 bits per heavy atom. The SMILES string of the molecule is CCC(NC(=O)C(C)(C)NC(=O)c1ccc(S(=O)(=O)N(Oc2ccccc2)c2ccccc2)cc1)C1CCNCC1. The Balaban J connectivity index is 1.47. The number of amides is 2. The normalized spacial score (nSPS) is 15.0. The summed E-state index contributed by atoms with van der Waals surface area (Å²) in [4.78, 5) is 32.0. The number of hydrogen-bond acceptors (Lipinski definition) is 6. The van der Waals surface area contributed by atoms with E-state index in [1.165, 1.54) is 24.3 Å². The minimum Gasteiger partial charge on any atom is -0.364 e. The second kappa shape index (κ2) is 13.2. The van der Waals surface area contributed by atoms with E-state index in [0.717, 1.165) is 36.8 Å². The molecule has 0 aromatic heterocycles. The third kappa shape index (κ3) is 7.45. The highest BCUT2D eigenvalue weighted by Gasteiger charge is 2.34. The van der Waals surface area contributed by atoms with Crippen LogP contribution in [0.15, 0.2) is 89.8 Å². The zero-order valence-electron chi connectivity index (χ0n) is 23.7. The summed E-state index contributed by atoms with van der Waals surface area (Å²) < 4.78 is 28.1. The van der Waals surface area contributed by atoms with E-state index in [-0.39, 0.29) is 22.4 Å². The highest BCUT2D eigenvalue weighted by atomic mass is 32.2. The maximum atomic E-state index is 13.6. The molecule has 41 heavy (non-hydrogen) atoms. The van der Waals surface area contributed by atoms with Crippen molar-refractivity contribution in [2.75, 3.05) is 17.6 Å². The maximum absolute atomic E-state index is 13.6. The molecule has 3 aromatic rings. The summed E-state index contributed by atoms with van der Waals surface area (Å²) in [7, 11) is -4.16. The highest BCUT2D eigenvalue weighted by Crippen LogP contribution is 2.26. The van der Waals surface area contributed by atoms with Crippen LogP contribution in [-0.2, 0) is 14.8 Å². The first-order chi connectivity index (χ1) is 19.6. The average molecular weight is 579 g/mol. The molecule has 4 rings (SSSR count). The number of para-hydroxylation sites is 2. The molecule has 1 aliphatic heterocycles. The zero-order chi connectivity index (χ0) is 29.5. The summed E-state index contributed by atoms with van der Waals surface area (Å²) in [5.74, 6) is 0.00544. The van der Waals surface area contributed by atoms with Gasteiger partial charge in [0.2, 0.25) is 5.91 Å². The van der Waals surface area contributed by atoms with E-state index < -0.39 is 21.5 Å². The van der Waals surface area contributed by atoms with Crippen LogP contribution in [0, 0.1) is 5.92 Å². The predicted molar refractivity (Wildman–Crippen MR) is 159 cm³/mol. The molecule has 1 saturated heterocycles. The summed E-state index contributed by atoms with van der Waals surface area (Å²) in [6.07, 6.45) is 2.81. The van der Waals surface area contributed by atoms with Gasteiger partial charge in [-0.1, -0.05) is 47.8 Å². The lowest BCUT2D eigenvalue weighted by Gasteiger charge is -2.34. The predicted octanol–water partition coefficient (Wildman–Crippen LogP) is 4.28. The van der Waals surface area contributed by atoms with Gasteiger partial charge < -0.3 is 20.8 Å². The molecule has 218 valence electrons. The summed E-state index contributed by atoms with van der Waals surface area (Å²) in [6, 6.07) is 22.7. The summed E-state index contributed by atoms with van der Waals surface area (Å²) in [6.45, 7) is 7.24. The van der Waals surface area contributed by atoms with Crippen LogP contribution in [0.2, 0.25) is 0 Å². The van der Waals surface area contributed by atoms with E-state index >= 15 is 0 Å². The van der Waals surface area contributed by atoms with Crippen LogP contribution in [0.3, 0.4) is 0 Å². The quantitative estimate of drug-likeness (QED) is 0.293. The monoisotopic (exact) mass is 578 g/mol. The fourth-order valence-electron chi connectivity index (χ4n) is 4.80. The highest BCUT2D eigenvalue weighted by molar-refractivity contribution is 7.92. The molecule has 0 aliphatic carbocycles. The molecule has 3 N–H and O–H groups in total. The van der Waals surface area contributed by atoms with Crippen LogP contribution in [0.4, 0.5) is 5.69 Å². The average Bonchev–Trinajstić information content (AvgIpc) is 2.99. The Kier molecular flexibility index (Phi) is 9.67. The molecule has 9 nitrogen and oxygen atoms in total. The largest absolute Gasteiger partial charge is 0.364 e. The van der Waals surface area contributed by atoms with E-state index in [9.17, 15) is 18.0 Å². The zero-order valence-corrected chi connectivity index (χ0v) is 24.5. The number of nitrogens with one attached hydrogen (secondary N) is 3. The molecule has 1 fully saturated rings. The van der Waals surface area contributed by atoms with E-state index in [2.05, 4.69) is 22.9 Å². The Labute approximate surface area is 242 Å². The second-order valence-corrected chi connectivity index (χ2v) is 12.4. The molecule has 0 radical (unpaired) electrons. The van der Waals surface area contributed by atoms with Gasteiger partial charge in [0.25, 0.3) is 15.9 Å². The molecule has 1 atom stereocenters. The van der Waals surface area contributed by atoms with Crippen molar-refractivity contribution in [3.05, 3.63) is 90.5 Å². The first-order valence-corrected chi connectivity index (χ1v) is 15.3.